The van der Waals surface area contributed by atoms with E-state index in [0.717, 1.165) is 76.5 Å². The minimum Gasteiger partial charge on any atom is -0.488 e. The highest BCUT2D eigenvalue weighted by atomic mass is 35.5. The number of fused-ring (bicyclic) bond motifs is 2. The zero-order valence-corrected chi connectivity index (χ0v) is 23.8. The van der Waals surface area contributed by atoms with Gasteiger partial charge in [-0.15, -0.1) is 24.8 Å². The Morgan fingerprint density at radius 2 is 1.10 bits per heavy atom. The largest absolute Gasteiger partial charge is 0.488 e. The van der Waals surface area contributed by atoms with Gasteiger partial charge < -0.3 is 27.8 Å². The number of ketones is 1. The number of carbonyl (C=O) groups excluding carboxylic acids is 1. The summed E-state index contributed by atoms with van der Waals surface area (Å²) in [6.07, 6.45) is 0. The van der Waals surface area contributed by atoms with Crippen molar-refractivity contribution < 1.29 is 32.6 Å². The first-order chi connectivity index (χ1) is 18.7. The van der Waals surface area contributed by atoms with Gasteiger partial charge in [0.15, 0.2) is 34.2 Å². The molecule has 0 spiro atoms. The highest BCUT2D eigenvalue weighted by Gasteiger charge is 2.22. The van der Waals surface area contributed by atoms with Gasteiger partial charge in [0, 0.05) is 50.0 Å². The molecule has 0 aliphatic carbocycles. The van der Waals surface area contributed by atoms with Crippen LogP contribution in [-0.4, -0.2) is 94.5 Å². The summed E-state index contributed by atoms with van der Waals surface area (Å²) in [5.41, 5.74) is 1.11. The molecular weight excluding hydrogens is 559 g/mol. The average Bonchev–Trinajstić information content (AvgIpc) is 3.60. The van der Waals surface area contributed by atoms with Crippen LogP contribution in [0, 0.1) is 0 Å². The van der Waals surface area contributed by atoms with E-state index >= 15 is 0 Å². The molecule has 4 aromatic rings. The lowest BCUT2D eigenvalue weighted by Crippen LogP contribution is -2.38. The quantitative estimate of drug-likeness (QED) is 0.244. The number of hydrogen-bond acceptors (Lipinski definition) is 9. The van der Waals surface area contributed by atoms with Gasteiger partial charge in [-0.2, -0.15) is 0 Å². The Morgan fingerprint density at radius 1 is 0.675 bits per heavy atom. The van der Waals surface area contributed by atoms with Crippen molar-refractivity contribution in [3.8, 4) is 11.5 Å². The summed E-state index contributed by atoms with van der Waals surface area (Å²) in [5, 5.41) is 1.61. The number of halogens is 2. The number of hydrogen-bond donors (Lipinski definition) is 0. The fourth-order valence-corrected chi connectivity index (χ4v) is 4.86. The topological polar surface area (TPSA) is 86.8 Å². The van der Waals surface area contributed by atoms with E-state index < -0.39 is 0 Å². The number of benzene rings is 2. The maximum Gasteiger partial charge on any atom is 0.263 e. The van der Waals surface area contributed by atoms with Crippen molar-refractivity contribution in [2.24, 2.45) is 0 Å². The van der Waals surface area contributed by atoms with Crippen LogP contribution in [-0.2, 0) is 9.47 Å². The van der Waals surface area contributed by atoms with Crippen LogP contribution in [0.5, 0.6) is 11.5 Å². The van der Waals surface area contributed by atoms with Gasteiger partial charge in [-0.05, 0) is 24.3 Å². The Balaban J connectivity index is 0.00000185. The molecule has 6 rings (SSSR count). The van der Waals surface area contributed by atoms with Crippen molar-refractivity contribution in [2.45, 2.75) is 0 Å². The second kappa shape index (κ2) is 14.2. The lowest BCUT2D eigenvalue weighted by Gasteiger charge is -2.26. The summed E-state index contributed by atoms with van der Waals surface area (Å²) in [6.45, 7) is 9.32. The summed E-state index contributed by atoms with van der Waals surface area (Å²) in [6, 6.07) is 14.8. The van der Waals surface area contributed by atoms with Gasteiger partial charge in [0.25, 0.3) is 5.78 Å². The molecule has 0 saturated carbocycles. The first-order valence-electron chi connectivity index (χ1n) is 13.2. The predicted molar refractivity (Wildman–Crippen MR) is 156 cm³/mol. The third-order valence-corrected chi connectivity index (χ3v) is 7.00. The molecule has 2 saturated heterocycles. The summed E-state index contributed by atoms with van der Waals surface area (Å²) >= 11 is 0. The monoisotopic (exact) mass is 592 g/mol. The van der Waals surface area contributed by atoms with Gasteiger partial charge in [-0.25, -0.2) is 0 Å². The summed E-state index contributed by atoms with van der Waals surface area (Å²) < 4.78 is 34.9. The highest BCUT2D eigenvalue weighted by molar-refractivity contribution is 6.09. The van der Waals surface area contributed by atoms with E-state index in [9.17, 15) is 4.79 Å². The molecule has 2 aliphatic heterocycles. The Labute approximate surface area is 245 Å². The first kappa shape index (κ1) is 30.2. The van der Waals surface area contributed by atoms with Crippen LogP contribution in [0.2, 0.25) is 0 Å². The molecule has 11 heteroatoms. The number of morpholine rings is 2. The van der Waals surface area contributed by atoms with Crippen LogP contribution in [0.3, 0.4) is 0 Å². The maximum atomic E-state index is 13.3. The molecule has 0 atom stereocenters. The van der Waals surface area contributed by atoms with Crippen molar-refractivity contribution in [1.29, 1.82) is 0 Å². The number of furan rings is 2. The third kappa shape index (κ3) is 6.91. The van der Waals surface area contributed by atoms with Gasteiger partial charge in [0.1, 0.15) is 13.2 Å². The molecule has 2 aromatic carbocycles. The summed E-state index contributed by atoms with van der Waals surface area (Å²) in [7, 11) is 0. The van der Waals surface area contributed by atoms with E-state index in [4.69, 9.17) is 27.8 Å². The lowest BCUT2D eigenvalue weighted by atomic mass is 10.2. The molecule has 9 nitrogen and oxygen atoms in total. The number of ether oxygens (including phenoxy) is 4. The molecule has 0 N–H and O–H groups in total. The number of nitrogens with zero attached hydrogens (tertiary/aromatic N) is 2. The van der Waals surface area contributed by atoms with Crippen molar-refractivity contribution in [2.75, 3.05) is 78.9 Å². The van der Waals surface area contributed by atoms with Gasteiger partial charge in [-0.1, -0.05) is 24.3 Å². The maximum absolute atomic E-state index is 13.3. The smallest absolute Gasteiger partial charge is 0.263 e. The summed E-state index contributed by atoms with van der Waals surface area (Å²) in [4.78, 5) is 18.0. The number of carbonyl (C=O) groups is 1. The Kier molecular flexibility index (Phi) is 10.7. The van der Waals surface area contributed by atoms with E-state index in [1.54, 1.807) is 12.1 Å². The normalized spacial score (nSPS) is 16.4. The van der Waals surface area contributed by atoms with E-state index in [1.807, 2.05) is 36.4 Å². The molecule has 2 aromatic heterocycles. The van der Waals surface area contributed by atoms with Gasteiger partial charge in [0.2, 0.25) is 0 Å². The van der Waals surface area contributed by atoms with Crippen LogP contribution < -0.4 is 9.47 Å². The molecule has 0 amide bonds. The number of para-hydroxylation sites is 2. The highest BCUT2D eigenvalue weighted by Crippen LogP contribution is 2.33. The zero-order valence-electron chi connectivity index (χ0n) is 22.2. The fraction of sp³-hybridized carbons (Fsp3) is 0.414. The Hall–Kier alpha value is -2.79. The average molecular weight is 594 g/mol. The second-order valence-electron chi connectivity index (χ2n) is 9.50. The minimum absolute atomic E-state index is 0. The summed E-state index contributed by atoms with van der Waals surface area (Å²) in [5.74, 6) is 1.33. The second-order valence-corrected chi connectivity index (χ2v) is 9.50. The fourth-order valence-electron chi connectivity index (χ4n) is 4.86. The number of rotatable bonds is 10. The first-order valence-corrected chi connectivity index (χ1v) is 13.2. The van der Waals surface area contributed by atoms with Gasteiger partial charge >= 0.3 is 0 Å². The molecule has 40 heavy (non-hydrogen) atoms. The van der Waals surface area contributed by atoms with E-state index in [1.165, 1.54) is 0 Å². The lowest BCUT2D eigenvalue weighted by molar-refractivity contribution is 0.0322. The molecular formula is C29H34Cl2N2O7. The Morgan fingerprint density at radius 3 is 1.52 bits per heavy atom. The molecule has 0 unspecified atom stereocenters. The molecule has 0 radical (unpaired) electrons. The van der Waals surface area contributed by atoms with Gasteiger partial charge in [0.05, 0.1) is 26.4 Å². The van der Waals surface area contributed by atoms with Crippen molar-refractivity contribution in [3.63, 3.8) is 0 Å². The van der Waals surface area contributed by atoms with E-state index in [-0.39, 0.29) is 42.1 Å². The van der Waals surface area contributed by atoms with Crippen LogP contribution in [0.4, 0.5) is 0 Å². The van der Waals surface area contributed by atoms with Crippen LogP contribution in [0.1, 0.15) is 16.3 Å². The van der Waals surface area contributed by atoms with E-state index in [2.05, 4.69) is 9.80 Å². The van der Waals surface area contributed by atoms with Crippen LogP contribution in [0.15, 0.2) is 57.4 Å². The van der Waals surface area contributed by atoms with Gasteiger partial charge in [-0.3, -0.25) is 14.6 Å². The van der Waals surface area contributed by atoms with Crippen LogP contribution in [0.25, 0.3) is 21.9 Å². The SMILES string of the molecule is Cl.Cl.O=C(c1cc2cccc(OCCN3CCOCC3)c2o1)c1cc2cccc(OCCN3CCOCC3)c2o1. The van der Waals surface area contributed by atoms with E-state index in [0.29, 0.717) is 35.9 Å². The predicted octanol–water partition coefficient (Wildman–Crippen LogP) is 4.68. The van der Waals surface area contributed by atoms with Crippen molar-refractivity contribution >= 4 is 52.5 Å². The van der Waals surface area contributed by atoms with Crippen molar-refractivity contribution in [1.82, 2.24) is 9.80 Å². The molecule has 2 aliphatic rings. The molecule has 4 heterocycles. The molecule has 216 valence electrons. The zero-order chi connectivity index (χ0) is 25.7. The third-order valence-electron chi connectivity index (χ3n) is 7.00. The standard InChI is InChI=1S/C29H32N2O7.2ClH/c32-27(25-19-21-3-1-5-23(28(21)37-25)35-17-11-30-7-13-33-14-8-30)26-20-22-4-2-6-24(29(22)38-26)36-18-12-31-9-15-34-16-10-31;;/h1-6,19-20H,7-18H2;2*1H. The minimum atomic E-state index is -0.323. The molecule has 2 fully saturated rings. The molecule has 0 bridgehead atoms. The van der Waals surface area contributed by atoms with Crippen molar-refractivity contribution in [3.05, 3.63) is 60.1 Å². The Bertz CT molecular complexity index is 1290. The van der Waals surface area contributed by atoms with Crippen LogP contribution >= 0.6 is 24.8 Å².